The summed E-state index contributed by atoms with van der Waals surface area (Å²) >= 11 is 0. The lowest BCUT2D eigenvalue weighted by molar-refractivity contribution is -0.128. The highest BCUT2D eigenvalue weighted by Gasteiger charge is 2.52. The van der Waals surface area contributed by atoms with Gasteiger partial charge < -0.3 is 16.0 Å². The van der Waals surface area contributed by atoms with Gasteiger partial charge >= 0.3 is 0 Å². The fourth-order valence-corrected chi connectivity index (χ4v) is 6.76. The number of hydrogen-bond donors (Lipinski definition) is 3. The highest BCUT2D eigenvalue weighted by molar-refractivity contribution is 5.93. The minimum absolute atomic E-state index is 0.150. The Hall–Kier alpha value is -1.62. The van der Waals surface area contributed by atoms with E-state index in [1.165, 1.54) is 51.4 Å². The largest absolute Gasteiger partial charge is 0.370 e. The van der Waals surface area contributed by atoms with E-state index in [4.69, 9.17) is 0 Å². The van der Waals surface area contributed by atoms with Crippen molar-refractivity contribution >= 4 is 11.6 Å². The van der Waals surface area contributed by atoms with E-state index in [1.54, 1.807) is 6.07 Å². The normalized spacial score (nSPS) is 32.0. The van der Waals surface area contributed by atoms with E-state index in [2.05, 4.69) is 22.9 Å². The van der Waals surface area contributed by atoms with Crippen LogP contribution in [0.2, 0.25) is 0 Å². The van der Waals surface area contributed by atoms with Crippen LogP contribution in [0.1, 0.15) is 82.3 Å². The minimum atomic E-state index is -0.656. The van der Waals surface area contributed by atoms with Crippen molar-refractivity contribution in [2.75, 3.05) is 11.9 Å². The van der Waals surface area contributed by atoms with Crippen molar-refractivity contribution in [3.05, 3.63) is 29.1 Å². The topological polar surface area (TPSA) is 53.2 Å². The maximum absolute atomic E-state index is 14.4. The number of anilines is 1. The first-order valence-corrected chi connectivity index (χ1v) is 13.1. The third-order valence-corrected chi connectivity index (χ3v) is 8.90. The van der Waals surface area contributed by atoms with Gasteiger partial charge in [0.1, 0.15) is 11.4 Å². The Morgan fingerprint density at radius 2 is 1.84 bits per heavy atom. The molecule has 176 valence electrons. The van der Waals surface area contributed by atoms with Crippen LogP contribution >= 0.6 is 0 Å². The van der Waals surface area contributed by atoms with Crippen LogP contribution in [0, 0.1) is 30.5 Å². The zero-order chi connectivity index (χ0) is 22.3. The number of carbonyl (C=O) groups is 1. The SMILES string of the molecule is Cc1c(F)ccc2c1NC(C(=O)NC(C1CC1)C1NCCCC1C)(C1CCCCCC1)C2. The Labute approximate surface area is 192 Å². The van der Waals surface area contributed by atoms with E-state index in [0.717, 1.165) is 30.6 Å². The van der Waals surface area contributed by atoms with E-state index >= 15 is 0 Å². The molecule has 0 aromatic heterocycles. The van der Waals surface area contributed by atoms with Crippen LogP contribution in [0.25, 0.3) is 0 Å². The van der Waals surface area contributed by atoms with Crippen LogP contribution in [0.4, 0.5) is 10.1 Å². The van der Waals surface area contributed by atoms with Gasteiger partial charge in [-0.15, -0.1) is 0 Å². The monoisotopic (exact) mass is 441 g/mol. The molecule has 2 saturated carbocycles. The van der Waals surface area contributed by atoms with Crippen molar-refractivity contribution in [1.29, 1.82) is 0 Å². The summed E-state index contributed by atoms with van der Waals surface area (Å²) in [4.78, 5) is 14.2. The van der Waals surface area contributed by atoms with Crippen molar-refractivity contribution in [2.24, 2.45) is 17.8 Å². The first-order chi connectivity index (χ1) is 15.5. The smallest absolute Gasteiger partial charge is 0.246 e. The lowest BCUT2D eigenvalue weighted by Crippen LogP contribution is -2.63. The number of amides is 1. The van der Waals surface area contributed by atoms with E-state index in [9.17, 15) is 9.18 Å². The summed E-state index contributed by atoms with van der Waals surface area (Å²) < 4.78 is 14.4. The molecule has 1 aromatic carbocycles. The number of benzene rings is 1. The molecule has 1 saturated heterocycles. The number of nitrogens with one attached hydrogen (secondary N) is 3. The standard InChI is InChI=1S/C27H40FN3O/c1-17-8-7-15-29-23(17)25(19-11-12-19)30-26(32)27(21-9-5-3-4-6-10-21)16-20-13-14-22(28)18(2)24(20)31-27/h13-14,17,19,21,23,25,29,31H,3-12,15-16H2,1-2H3,(H,30,32). The summed E-state index contributed by atoms with van der Waals surface area (Å²) in [5.74, 6) is 1.41. The number of carbonyl (C=O) groups excluding carboxylic acids is 1. The molecule has 4 unspecified atom stereocenters. The lowest BCUT2D eigenvalue weighted by atomic mass is 9.75. The van der Waals surface area contributed by atoms with Crippen molar-refractivity contribution in [1.82, 2.24) is 10.6 Å². The predicted molar refractivity (Wildman–Crippen MR) is 127 cm³/mol. The third kappa shape index (κ3) is 4.06. The average Bonchev–Trinajstić information content (AvgIpc) is 3.60. The molecule has 2 heterocycles. The second kappa shape index (κ2) is 8.96. The van der Waals surface area contributed by atoms with Gasteiger partial charge in [0, 0.05) is 29.8 Å². The number of piperidine rings is 1. The zero-order valence-corrected chi connectivity index (χ0v) is 19.8. The molecule has 0 spiro atoms. The molecular weight excluding hydrogens is 401 g/mol. The van der Waals surface area contributed by atoms with Gasteiger partial charge in [0.05, 0.1) is 0 Å². The molecule has 5 heteroatoms. The molecule has 2 aliphatic heterocycles. The van der Waals surface area contributed by atoms with Gasteiger partial charge in [0.2, 0.25) is 5.91 Å². The number of fused-ring (bicyclic) bond motifs is 1. The van der Waals surface area contributed by atoms with Crippen LogP contribution in [0.5, 0.6) is 0 Å². The molecule has 2 aliphatic carbocycles. The van der Waals surface area contributed by atoms with E-state index in [-0.39, 0.29) is 23.7 Å². The molecule has 1 amide bonds. The Morgan fingerprint density at radius 1 is 1.09 bits per heavy atom. The second-order valence-electron chi connectivity index (χ2n) is 11.1. The Bertz CT molecular complexity index is 846. The van der Waals surface area contributed by atoms with Gasteiger partial charge in [-0.3, -0.25) is 4.79 Å². The van der Waals surface area contributed by atoms with Crippen LogP contribution < -0.4 is 16.0 Å². The van der Waals surface area contributed by atoms with Gasteiger partial charge in [0.15, 0.2) is 0 Å². The van der Waals surface area contributed by atoms with Crippen molar-refractivity contribution in [2.45, 2.75) is 102 Å². The molecule has 0 bridgehead atoms. The lowest BCUT2D eigenvalue weighted by Gasteiger charge is -2.41. The van der Waals surface area contributed by atoms with Crippen LogP contribution in [-0.4, -0.2) is 30.1 Å². The van der Waals surface area contributed by atoms with Crippen LogP contribution in [-0.2, 0) is 11.2 Å². The molecule has 32 heavy (non-hydrogen) atoms. The third-order valence-electron chi connectivity index (χ3n) is 8.90. The highest BCUT2D eigenvalue weighted by Crippen LogP contribution is 2.45. The Kier molecular flexibility index (Phi) is 6.21. The molecule has 4 nitrogen and oxygen atoms in total. The van der Waals surface area contributed by atoms with Crippen molar-refractivity contribution in [3.63, 3.8) is 0 Å². The molecular formula is C27H40FN3O. The van der Waals surface area contributed by atoms with Crippen LogP contribution in [0.15, 0.2) is 12.1 Å². The van der Waals surface area contributed by atoms with Gasteiger partial charge in [-0.1, -0.05) is 38.7 Å². The van der Waals surface area contributed by atoms with E-state index in [0.29, 0.717) is 29.9 Å². The van der Waals surface area contributed by atoms with Gasteiger partial charge in [-0.05, 0) is 81.4 Å². The number of hydrogen-bond acceptors (Lipinski definition) is 3. The number of rotatable bonds is 5. The maximum Gasteiger partial charge on any atom is 0.246 e. The summed E-state index contributed by atoms with van der Waals surface area (Å²) in [6, 6.07) is 4.01. The van der Waals surface area contributed by atoms with E-state index in [1.807, 2.05) is 13.0 Å². The number of halogens is 1. The second-order valence-corrected chi connectivity index (χ2v) is 11.1. The summed E-state index contributed by atoms with van der Waals surface area (Å²) in [5.41, 5.74) is 1.94. The summed E-state index contributed by atoms with van der Waals surface area (Å²) in [7, 11) is 0. The minimum Gasteiger partial charge on any atom is -0.370 e. The van der Waals surface area contributed by atoms with E-state index < -0.39 is 5.54 Å². The molecule has 3 fully saturated rings. The highest BCUT2D eigenvalue weighted by atomic mass is 19.1. The molecule has 0 radical (unpaired) electrons. The quantitative estimate of drug-likeness (QED) is 0.558. The van der Waals surface area contributed by atoms with Crippen molar-refractivity contribution in [3.8, 4) is 0 Å². The molecule has 4 aliphatic rings. The average molecular weight is 442 g/mol. The molecule has 5 rings (SSSR count). The molecule has 4 atom stereocenters. The predicted octanol–water partition coefficient (Wildman–Crippen LogP) is 5.09. The fourth-order valence-electron chi connectivity index (χ4n) is 6.76. The van der Waals surface area contributed by atoms with Gasteiger partial charge in [-0.25, -0.2) is 4.39 Å². The first kappa shape index (κ1) is 22.2. The fraction of sp³-hybridized carbons (Fsp3) is 0.741. The Balaban J connectivity index is 1.45. The molecule has 3 N–H and O–H groups in total. The molecule has 1 aromatic rings. The van der Waals surface area contributed by atoms with Gasteiger partial charge in [-0.2, -0.15) is 0 Å². The first-order valence-electron chi connectivity index (χ1n) is 13.1. The summed E-state index contributed by atoms with van der Waals surface area (Å²) in [5, 5.41) is 11.0. The van der Waals surface area contributed by atoms with Gasteiger partial charge in [0.25, 0.3) is 0 Å². The van der Waals surface area contributed by atoms with Crippen molar-refractivity contribution < 1.29 is 9.18 Å². The Morgan fingerprint density at radius 3 is 2.53 bits per heavy atom. The van der Waals surface area contributed by atoms with Crippen LogP contribution in [0.3, 0.4) is 0 Å². The summed E-state index contributed by atoms with van der Waals surface area (Å²) in [6.45, 7) is 5.21. The summed E-state index contributed by atoms with van der Waals surface area (Å²) in [6.07, 6.45) is 12.6. The zero-order valence-electron chi connectivity index (χ0n) is 19.8. The maximum atomic E-state index is 14.4.